The van der Waals surface area contributed by atoms with Crippen molar-refractivity contribution in [2.45, 2.75) is 30.7 Å². The van der Waals surface area contributed by atoms with Gasteiger partial charge >= 0.3 is 0 Å². The van der Waals surface area contributed by atoms with Crippen LogP contribution in [0.1, 0.15) is 29.5 Å². The first-order valence-corrected chi connectivity index (χ1v) is 8.36. The SMILES string of the molecule is CCc1ccccc1CNCC1CSc2ccccc21. The zero-order chi connectivity index (χ0) is 13.8. The van der Waals surface area contributed by atoms with Crippen molar-refractivity contribution in [1.29, 1.82) is 0 Å². The Bertz CT molecular complexity index is 579. The molecule has 2 aromatic rings. The van der Waals surface area contributed by atoms with Gasteiger partial charge in [-0.25, -0.2) is 0 Å². The topological polar surface area (TPSA) is 12.0 Å². The van der Waals surface area contributed by atoms with Gasteiger partial charge in [-0.2, -0.15) is 0 Å². The van der Waals surface area contributed by atoms with Gasteiger partial charge in [0.05, 0.1) is 0 Å². The second-order valence-electron chi connectivity index (χ2n) is 5.30. The molecule has 0 aliphatic carbocycles. The fraction of sp³-hybridized carbons (Fsp3) is 0.333. The summed E-state index contributed by atoms with van der Waals surface area (Å²) in [5.41, 5.74) is 4.42. The lowest BCUT2D eigenvalue weighted by Crippen LogP contribution is -2.21. The summed E-state index contributed by atoms with van der Waals surface area (Å²) in [4.78, 5) is 1.47. The monoisotopic (exact) mass is 283 g/mol. The van der Waals surface area contributed by atoms with Crippen LogP contribution in [-0.4, -0.2) is 12.3 Å². The van der Waals surface area contributed by atoms with Crippen LogP contribution in [-0.2, 0) is 13.0 Å². The number of hydrogen-bond acceptors (Lipinski definition) is 2. The normalized spacial score (nSPS) is 17.1. The van der Waals surface area contributed by atoms with E-state index in [0.717, 1.165) is 19.5 Å². The molecule has 0 saturated heterocycles. The van der Waals surface area contributed by atoms with Gasteiger partial charge in [-0.15, -0.1) is 11.8 Å². The minimum absolute atomic E-state index is 0.657. The smallest absolute Gasteiger partial charge is 0.0208 e. The van der Waals surface area contributed by atoms with Gasteiger partial charge < -0.3 is 5.32 Å². The number of thioether (sulfide) groups is 1. The molecule has 0 saturated carbocycles. The molecule has 0 aromatic heterocycles. The summed E-state index contributed by atoms with van der Waals surface area (Å²) in [6.45, 7) is 4.28. The Balaban J connectivity index is 1.59. The van der Waals surface area contributed by atoms with Gasteiger partial charge in [0.15, 0.2) is 0 Å². The van der Waals surface area contributed by atoms with Crippen molar-refractivity contribution in [2.75, 3.05) is 12.3 Å². The first kappa shape index (κ1) is 13.7. The van der Waals surface area contributed by atoms with Gasteiger partial charge in [0.1, 0.15) is 0 Å². The van der Waals surface area contributed by atoms with E-state index >= 15 is 0 Å². The van der Waals surface area contributed by atoms with E-state index in [4.69, 9.17) is 0 Å². The standard InChI is InChI=1S/C18H21NS/c1-2-14-7-3-4-8-15(14)11-19-12-16-13-20-18-10-6-5-9-17(16)18/h3-10,16,19H,2,11-13H2,1H3. The molecule has 2 aromatic carbocycles. The number of fused-ring (bicyclic) bond motifs is 1. The number of hydrogen-bond donors (Lipinski definition) is 1. The first-order valence-electron chi connectivity index (χ1n) is 7.37. The minimum atomic E-state index is 0.657. The molecule has 1 nitrogen and oxygen atoms in total. The molecule has 0 bridgehead atoms. The molecule has 0 radical (unpaired) electrons. The zero-order valence-electron chi connectivity index (χ0n) is 11.9. The van der Waals surface area contributed by atoms with E-state index in [0.29, 0.717) is 5.92 Å². The molecule has 1 N–H and O–H groups in total. The molecular weight excluding hydrogens is 262 g/mol. The molecule has 1 atom stereocenters. The lowest BCUT2D eigenvalue weighted by Gasteiger charge is -2.13. The van der Waals surface area contributed by atoms with Crippen LogP contribution in [0.25, 0.3) is 0 Å². The molecule has 1 aliphatic rings. The van der Waals surface area contributed by atoms with Crippen LogP contribution in [0.4, 0.5) is 0 Å². The van der Waals surface area contributed by atoms with E-state index < -0.39 is 0 Å². The van der Waals surface area contributed by atoms with E-state index in [1.165, 1.54) is 27.3 Å². The van der Waals surface area contributed by atoms with Crippen molar-refractivity contribution in [2.24, 2.45) is 0 Å². The highest BCUT2D eigenvalue weighted by molar-refractivity contribution is 7.99. The Morgan fingerprint density at radius 2 is 1.80 bits per heavy atom. The summed E-state index contributed by atoms with van der Waals surface area (Å²) in [5.74, 6) is 1.87. The van der Waals surface area contributed by atoms with E-state index in [2.05, 4.69) is 60.8 Å². The molecular formula is C18H21NS. The van der Waals surface area contributed by atoms with Crippen LogP contribution in [0.5, 0.6) is 0 Å². The molecule has 1 aliphatic heterocycles. The van der Waals surface area contributed by atoms with Crippen molar-refractivity contribution in [3.63, 3.8) is 0 Å². The predicted molar refractivity (Wildman–Crippen MR) is 87.4 cm³/mol. The summed E-state index contributed by atoms with van der Waals surface area (Å²) in [6.07, 6.45) is 1.11. The van der Waals surface area contributed by atoms with Crippen LogP contribution in [0.2, 0.25) is 0 Å². The molecule has 1 unspecified atom stereocenters. The van der Waals surface area contributed by atoms with Gasteiger partial charge in [-0.3, -0.25) is 0 Å². The summed E-state index contributed by atoms with van der Waals surface area (Å²) >= 11 is 1.99. The lowest BCUT2D eigenvalue weighted by atomic mass is 10.0. The number of aryl methyl sites for hydroxylation is 1. The van der Waals surface area contributed by atoms with Crippen molar-refractivity contribution >= 4 is 11.8 Å². The maximum absolute atomic E-state index is 3.65. The highest BCUT2D eigenvalue weighted by atomic mass is 32.2. The number of nitrogens with one attached hydrogen (secondary N) is 1. The van der Waals surface area contributed by atoms with E-state index in [9.17, 15) is 0 Å². The average Bonchev–Trinajstić information content (AvgIpc) is 2.91. The summed E-state index contributed by atoms with van der Waals surface area (Å²) in [5, 5.41) is 3.65. The largest absolute Gasteiger partial charge is 0.312 e. The maximum atomic E-state index is 3.65. The van der Waals surface area contributed by atoms with E-state index in [1.807, 2.05) is 11.8 Å². The fourth-order valence-electron chi connectivity index (χ4n) is 2.85. The third-order valence-electron chi connectivity index (χ3n) is 4.00. The van der Waals surface area contributed by atoms with Gasteiger partial charge in [0, 0.05) is 29.7 Å². The van der Waals surface area contributed by atoms with Crippen molar-refractivity contribution in [3.05, 3.63) is 65.2 Å². The molecule has 0 fully saturated rings. The minimum Gasteiger partial charge on any atom is -0.312 e. The van der Waals surface area contributed by atoms with Crippen LogP contribution in [0.15, 0.2) is 53.4 Å². The third-order valence-corrected chi connectivity index (χ3v) is 5.26. The quantitative estimate of drug-likeness (QED) is 0.881. The molecule has 1 heterocycles. The Morgan fingerprint density at radius 1 is 1.05 bits per heavy atom. The second kappa shape index (κ2) is 6.47. The second-order valence-corrected chi connectivity index (χ2v) is 6.36. The molecule has 0 amide bonds. The Morgan fingerprint density at radius 3 is 2.65 bits per heavy atom. The third kappa shape index (κ3) is 2.92. The van der Waals surface area contributed by atoms with Crippen LogP contribution in [0.3, 0.4) is 0 Å². The van der Waals surface area contributed by atoms with Gasteiger partial charge in [0.2, 0.25) is 0 Å². The van der Waals surface area contributed by atoms with Gasteiger partial charge in [-0.1, -0.05) is 49.4 Å². The van der Waals surface area contributed by atoms with E-state index in [1.54, 1.807) is 0 Å². The Kier molecular flexibility index (Phi) is 4.44. The average molecular weight is 283 g/mol. The molecule has 20 heavy (non-hydrogen) atoms. The molecule has 104 valence electrons. The number of benzene rings is 2. The Labute approximate surface area is 125 Å². The molecule has 3 rings (SSSR count). The molecule has 0 spiro atoms. The lowest BCUT2D eigenvalue weighted by molar-refractivity contribution is 0.619. The predicted octanol–water partition coefficient (Wildman–Crippen LogP) is 4.23. The van der Waals surface area contributed by atoms with Gasteiger partial charge in [0.25, 0.3) is 0 Å². The summed E-state index contributed by atoms with van der Waals surface area (Å²) in [7, 11) is 0. The highest BCUT2D eigenvalue weighted by Crippen LogP contribution is 2.38. The van der Waals surface area contributed by atoms with Crippen LogP contribution < -0.4 is 5.32 Å². The Hall–Kier alpha value is -1.25. The van der Waals surface area contributed by atoms with Crippen LogP contribution >= 0.6 is 11.8 Å². The molecule has 2 heteroatoms. The first-order chi connectivity index (χ1) is 9.88. The zero-order valence-corrected chi connectivity index (χ0v) is 12.7. The van der Waals surface area contributed by atoms with Gasteiger partial charge in [-0.05, 0) is 29.2 Å². The van der Waals surface area contributed by atoms with Crippen LogP contribution in [0, 0.1) is 0 Å². The fourth-order valence-corrected chi connectivity index (χ4v) is 4.11. The van der Waals surface area contributed by atoms with E-state index in [-0.39, 0.29) is 0 Å². The maximum Gasteiger partial charge on any atom is 0.0208 e. The van der Waals surface area contributed by atoms with Crippen molar-refractivity contribution in [1.82, 2.24) is 5.32 Å². The highest BCUT2D eigenvalue weighted by Gasteiger charge is 2.21. The summed E-state index contributed by atoms with van der Waals surface area (Å²) in [6, 6.07) is 17.6. The van der Waals surface area contributed by atoms with Crippen molar-refractivity contribution < 1.29 is 0 Å². The number of rotatable bonds is 5. The van der Waals surface area contributed by atoms with Crippen molar-refractivity contribution in [3.8, 4) is 0 Å². The summed E-state index contributed by atoms with van der Waals surface area (Å²) < 4.78 is 0.